The summed E-state index contributed by atoms with van der Waals surface area (Å²) in [4.78, 5) is 27.6. The Balaban J connectivity index is 1.27. The average molecular weight is 695 g/mol. The number of aromatic nitrogens is 2. The first-order valence-electron chi connectivity index (χ1n) is 14.9. The zero-order valence-electron chi connectivity index (χ0n) is 25.7. The highest BCUT2D eigenvalue weighted by Gasteiger charge is 2.35. The number of thiophene rings is 1. The van der Waals surface area contributed by atoms with E-state index in [-0.39, 0.29) is 22.2 Å². The number of anilines is 1. The first kappa shape index (κ1) is 33.0. The van der Waals surface area contributed by atoms with Gasteiger partial charge in [0, 0.05) is 21.2 Å². The van der Waals surface area contributed by atoms with Crippen LogP contribution in [0.3, 0.4) is 0 Å². The van der Waals surface area contributed by atoms with E-state index < -0.39 is 11.9 Å². The lowest BCUT2D eigenvalue weighted by Gasteiger charge is -2.33. The molecule has 6 nitrogen and oxygen atoms in total. The Hall–Kier alpha value is -3.93. The first-order valence-corrected chi connectivity index (χ1v) is 16.9. The molecule has 5 aromatic rings. The highest BCUT2D eigenvalue weighted by Crippen LogP contribution is 2.45. The third-order valence-electron chi connectivity index (χ3n) is 7.97. The van der Waals surface area contributed by atoms with Crippen LogP contribution in [0.5, 0.6) is 0 Å². The molecule has 0 spiro atoms. The highest BCUT2D eigenvalue weighted by atomic mass is 35.5. The van der Waals surface area contributed by atoms with Crippen molar-refractivity contribution in [1.29, 1.82) is 0 Å². The van der Waals surface area contributed by atoms with E-state index in [1.807, 2.05) is 0 Å². The molecule has 0 radical (unpaired) electrons. The molecule has 1 N–H and O–H groups in total. The molecule has 0 bridgehead atoms. The van der Waals surface area contributed by atoms with Crippen molar-refractivity contribution >= 4 is 57.5 Å². The van der Waals surface area contributed by atoms with E-state index in [0.717, 1.165) is 47.5 Å². The number of alkyl halides is 3. The molecule has 3 heterocycles. The number of benzene rings is 2. The number of hydrogen-bond acceptors (Lipinski definition) is 7. The molecule has 0 saturated carbocycles. The standard InChI is InChI=1S/C35H30ClF3N4O2S2/c1-34(2,3)21-9-15-25-27(17-21)46-32(30(25)31(44)41-23-12-10-22(36)11-13-23)40-19-24-14-16-29(45-24)47-33-42-26(20-7-5-4-6-8-20)18-28(43-33)35(37,38)39/h4-8,10-14,16,18-19,21H,9,15,17H2,1-3H3,(H,41,44)/t21-/m0/s1. The summed E-state index contributed by atoms with van der Waals surface area (Å²) >= 11 is 8.41. The first-order chi connectivity index (χ1) is 22.3. The third-order valence-corrected chi connectivity index (χ3v) is 10.2. The van der Waals surface area contributed by atoms with Crippen molar-refractivity contribution < 1.29 is 22.4 Å². The van der Waals surface area contributed by atoms with E-state index >= 15 is 0 Å². The molecule has 1 atom stereocenters. The van der Waals surface area contributed by atoms with E-state index in [0.29, 0.717) is 43.6 Å². The normalized spacial score (nSPS) is 15.2. The van der Waals surface area contributed by atoms with Crippen LogP contribution >= 0.6 is 34.7 Å². The fourth-order valence-corrected chi connectivity index (χ4v) is 7.54. The van der Waals surface area contributed by atoms with Gasteiger partial charge in [-0.3, -0.25) is 4.79 Å². The van der Waals surface area contributed by atoms with Crippen molar-refractivity contribution in [3.63, 3.8) is 0 Å². The number of nitrogens with zero attached hydrogens (tertiary/aromatic N) is 3. The zero-order chi connectivity index (χ0) is 33.3. The van der Waals surface area contributed by atoms with E-state index in [1.165, 1.54) is 17.6 Å². The van der Waals surface area contributed by atoms with Gasteiger partial charge in [-0.2, -0.15) is 13.2 Å². The Morgan fingerprint density at radius 1 is 1.06 bits per heavy atom. The number of nitrogens with one attached hydrogen (secondary N) is 1. The molecule has 6 rings (SSSR count). The van der Waals surface area contributed by atoms with E-state index in [1.54, 1.807) is 66.7 Å². The SMILES string of the molecule is CC(C)(C)[C@H]1CCc2c(sc(N=Cc3ccc(Sc4nc(-c5ccccc5)cc(C(F)(F)F)n4)o3)c2C(=O)Nc2ccc(Cl)cc2)C1. The van der Waals surface area contributed by atoms with Crippen molar-refractivity contribution in [1.82, 2.24) is 9.97 Å². The van der Waals surface area contributed by atoms with Gasteiger partial charge in [0.1, 0.15) is 16.5 Å². The van der Waals surface area contributed by atoms with Gasteiger partial charge in [0.05, 0.1) is 17.5 Å². The van der Waals surface area contributed by atoms with Gasteiger partial charge in [0.25, 0.3) is 5.91 Å². The summed E-state index contributed by atoms with van der Waals surface area (Å²) < 4.78 is 47.0. The highest BCUT2D eigenvalue weighted by molar-refractivity contribution is 7.99. The maximum atomic E-state index is 13.7. The summed E-state index contributed by atoms with van der Waals surface area (Å²) in [5.74, 6) is 0.589. The van der Waals surface area contributed by atoms with E-state index in [2.05, 4.69) is 36.1 Å². The second-order valence-corrected chi connectivity index (χ2v) is 14.7. The summed E-state index contributed by atoms with van der Waals surface area (Å²) in [7, 11) is 0. The molecule has 0 fully saturated rings. The molecular formula is C35H30ClF3N4O2S2. The van der Waals surface area contributed by atoms with Gasteiger partial charge in [-0.15, -0.1) is 11.3 Å². The predicted molar refractivity (Wildman–Crippen MR) is 181 cm³/mol. The van der Waals surface area contributed by atoms with Gasteiger partial charge in [-0.05, 0) is 90.4 Å². The summed E-state index contributed by atoms with van der Waals surface area (Å²) in [5, 5.41) is 4.31. The Morgan fingerprint density at radius 2 is 1.81 bits per heavy atom. The van der Waals surface area contributed by atoms with Crippen molar-refractivity contribution in [2.24, 2.45) is 16.3 Å². The lowest BCUT2D eigenvalue weighted by molar-refractivity contribution is -0.141. The lowest BCUT2D eigenvalue weighted by Crippen LogP contribution is -2.27. The van der Waals surface area contributed by atoms with Gasteiger partial charge in [0.2, 0.25) is 0 Å². The number of hydrogen-bond donors (Lipinski definition) is 1. The summed E-state index contributed by atoms with van der Waals surface area (Å²) in [5.41, 5.74) is 1.96. The maximum Gasteiger partial charge on any atom is 0.433 e. The van der Waals surface area contributed by atoms with Crippen LogP contribution in [0.15, 0.2) is 92.5 Å². The van der Waals surface area contributed by atoms with E-state index in [4.69, 9.17) is 21.0 Å². The zero-order valence-corrected chi connectivity index (χ0v) is 28.1. The van der Waals surface area contributed by atoms with Crippen molar-refractivity contribution in [3.05, 3.63) is 105 Å². The number of carbonyl (C=O) groups is 1. The fourth-order valence-electron chi connectivity index (χ4n) is 5.41. The maximum absolute atomic E-state index is 13.7. The minimum absolute atomic E-state index is 0.1000. The number of carbonyl (C=O) groups excluding carboxylic acids is 1. The summed E-state index contributed by atoms with van der Waals surface area (Å²) in [6.45, 7) is 6.72. The molecule has 12 heteroatoms. The van der Waals surface area contributed by atoms with Gasteiger partial charge < -0.3 is 9.73 Å². The molecule has 1 amide bonds. The molecule has 242 valence electrons. The fraction of sp³-hybridized carbons (Fsp3) is 0.257. The minimum atomic E-state index is -4.65. The van der Waals surface area contributed by atoms with Crippen molar-refractivity contribution in [3.8, 4) is 11.3 Å². The van der Waals surface area contributed by atoms with Crippen LogP contribution in [0.25, 0.3) is 11.3 Å². The van der Waals surface area contributed by atoms with Gasteiger partial charge in [-0.1, -0.05) is 62.7 Å². The van der Waals surface area contributed by atoms with Crippen LogP contribution in [0.1, 0.15) is 59.4 Å². The topological polar surface area (TPSA) is 80.4 Å². The number of rotatable bonds is 7. The number of fused-ring (bicyclic) bond motifs is 1. The number of amides is 1. The summed E-state index contributed by atoms with van der Waals surface area (Å²) in [6, 6.07) is 19.8. The molecule has 47 heavy (non-hydrogen) atoms. The molecular weight excluding hydrogens is 665 g/mol. The second kappa shape index (κ2) is 13.3. The van der Waals surface area contributed by atoms with Gasteiger partial charge in [0.15, 0.2) is 10.2 Å². The smallest absolute Gasteiger partial charge is 0.433 e. The van der Waals surface area contributed by atoms with Crippen molar-refractivity contribution in [2.45, 2.75) is 56.5 Å². The predicted octanol–water partition coefficient (Wildman–Crippen LogP) is 10.8. The lowest BCUT2D eigenvalue weighted by atomic mass is 9.72. The largest absolute Gasteiger partial charge is 0.448 e. The average Bonchev–Trinajstić information content (AvgIpc) is 3.64. The van der Waals surface area contributed by atoms with E-state index in [9.17, 15) is 18.0 Å². The Kier molecular flexibility index (Phi) is 9.33. The van der Waals surface area contributed by atoms with Gasteiger partial charge >= 0.3 is 6.18 Å². The minimum Gasteiger partial charge on any atom is -0.448 e. The monoisotopic (exact) mass is 694 g/mol. The molecule has 3 aromatic heterocycles. The Bertz CT molecular complexity index is 1930. The van der Waals surface area contributed by atoms with Crippen molar-refractivity contribution in [2.75, 3.05) is 5.32 Å². The number of halogens is 4. The molecule has 0 saturated heterocycles. The van der Waals surface area contributed by atoms with Crippen LogP contribution in [-0.2, 0) is 19.0 Å². The van der Waals surface area contributed by atoms with Crippen LogP contribution < -0.4 is 5.32 Å². The number of furan rings is 1. The molecule has 1 aliphatic carbocycles. The third kappa shape index (κ3) is 7.80. The Morgan fingerprint density at radius 3 is 2.51 bits per heavy atom. The molecule has 1 aliphatic rings. The summed E-state index contributed by atoms with van der Waals surface area (Å²) in [6.07, 6.45) is -0.517. The van der Waals surface area contributed by atoms with Crippen LogP contribution in [-0.4, -0.2) is 22.1 Å². The molecule has 0 aliphatic heterocycles. The molecule has 2 aromatic carbocycles. The van der Waals surface area contributed by atoms with Crippen LogP contribution in [0.2, 0.25) is 5.02 Å². The second-order valence-electron chi connectivity index (χ2n) is 12.3. The quantitative estimate of drug-likeness (QED) is 0.135. The van der Waals surface area contributed by atoms with Crippen LogP contribution in [0.4, 0.5) is 23.9 Å². The van der Waals surface area contributed by atoms with Crippen LogP contribution in [0, 0.1) is 11.3 Å². The van der Waals surface area contributed by atoms with Gasteiger partial charge in [-0.25, -0.2) is 15.0 Å². The number of aliphatic imine (C=N–C) groups is 1. The molecule has 0 unspecified atom stereocenters. The Labute approximate surface area is 283 Å².